The number of rotatable bonds is 6. The molecule has 1 unspecified atom stereocenters. The van der Waals surface area contributed by atoms with Crippen molar-refractivity contribution in [2.24, 2.45) is 0 Å². The maximum absolute atomic E-state index is 9.36. The summed E-state index contributed by atoms with van der Waals surface area (Å²) >= 11 is 5.99. The Morgan fingerprint density at radius 1 is 1.18 bits per heavy atom. The van der Waals surface area contributed by atoms with Crippen molar-refractivity contribution in [1.82, 2.24) is 0 Å². The lowest BCUT2D eigenvalue weighted by atomic mass is 9.97. The fourth-order valence-electron chi connectivity index (χ4n) is 2.17. The van der Waals surface area contributed by atoms with E-state index in [1.165, 1.54) is 0 Å². The summed E-state index contributed by atoms with van der Waals surface area (Å²) in [4.78, 5) is 0. The Bertz CT molecular complexity index is 679. The molecule has 0 fully saturated rings. The van der Waals surface area contributed by atoms with Crippen LogP contribution in [-0.4, -0.2) is 13.7 Å². The number of hydrogen-bond donors (Lipinski definition) is 0. The van der Waals surface area contributed by atoms with E-state index in [0.717, 1.165) is 27.6 Å². The molecule has 0 bridgehead atoms. The number of nitrogens with zero attached hydrogens (tertiary/aromatic N) is 1. The van der Waals surface area contributed by atoms with Gasteiger partial charge in [-0.1, -0.05) is 23.7 Å². The quantitative estimate of drug-likeness (QED) is 0.773. The largest absolute Gasteiger partial charge is 0.497 e. The van der Waals surface area contributed by atoms with Crippen LogP contribution in [0.1, 0.15) is 23.5 Å². The summed E-state index contributed by atoms with van der Waals surface area (Å²) in [6.45, 7) is 2.40. The summed E-state index contributed by atoms with van der Waals surface area (Å²) in [6, 6.07) is 15.4. The van der Waals surface area contributed by atoms with Gasteiger partial charge in [0.25, 0.3) is 0 Å². The van der Waals surface area contributed by atoms with E-state index in [-0.39, 0.29) is 5.92 Å². The van der Waals surface area contributed by atoms with Gasteiger partial charge in [-0.2, -0.15) is 5.26 Å². The Kier molecular flexibility index (Phi) is 5.68. The first-order valence-electron chi connectivity index (χ1n) is 7.06. The molecule has 3 nitrogen and oxygen atoms in total. The maximum atomic E-state index is 9.36. The number of halogens is 1. The van der Waals surface area contributed by atoms with Gasteiger partial charge in [-0.25, -0.2) is 0 Å². The number of methoxy groups -OCH3 is 1. The molecular weight excluding hydrogens is 298 g/mol. The highest BCUT2D eigenvalue weighted by molar-refractivity contribution is 6.31. The smallest absolute Gasteiger partial charge is 0.119 e. The Labute approximate surface area is 136 Å². The van der Waals surface area contributed by atoms with Crippen molar-refractivity contribution in [3.05, 3.63) is 58.6 Å². The minimum absolute atomic E-state index is 0.219. The van der Waals surface area contributed by atoms with Crippen molar-refractivity contribution in [3.63, 3.8) is 0 Å². The first-order chi connectivity index (χ1) is 10.6. The second kappa shape index (κ2) is 7.72. The van der Waals surface area contributed by atoms with Crippen LogP contribution in [0.3, 0.4) is 0 Å². The van der Waals surface area contributed by atoms with Gasteiger partial charge in [-0.3, -0.25) is 0 Å². The van der Waals surface area contributed by atoms with E-state index in [0.29, 0.717) is 13.0 Å². The van der Waals surface area contributed by atoms with Gasteiger partial charge in [0, 0.05) is 11.4 Å². The van der Waals surface area contributed by atoms with E-state index < -0.39 is 0 Å². The zero-order chi connectivity index (χ0) is 15.9. The van der Waals surface area contributed by atoms with Gasteiger partial charge < -0.3 is 9.47 Å². The van der Waals surface area contributed by atoms with Crippen molar-refractivity contribution in [1.29, 1.82) is 5.26 Å². The lowest BCUT2D eigenvalue weighted by Gasteiger charge is -2.12. The molecule has 0 N–H and O–H groups in total. The predicted octanol–water partition coefficient (Wildman–Crippen LogP) is 4.73. The van der Waals surface area contributed by atoms with Crippen molar-refractivity contribution < 1.29 is 9.47 Å². The van der Waals surface area contributed by atoms with Crippen LogP contribution in [-0.2, 0) is 0 Å². The van der Waals surface area contributed by atoms with Gasteiger partial charge in [0.05, 0.1) is 25.7 Å². The zero-order valence-corrected chi connectivity index (χ0v) is 13.4. The van der Waals surface area contributed by atoms with Crippen LogP contribution < -0.4 is 9.47 Å². The molecule has 4 heteroatoms. The minimum atomic E-state index is -0.219. The molecule has 2 aromatic carbocycles. The SMILES string of the molecule is COc1cccc(C(C#N)CCOc2ccc(Cl)c(C)c2)c1. The third-order valence-corrected chi connectivity index (χ3v) is 3.88. The van der Waals surface area contributed by atoms with Gasteiger partial charge in [-0.15, -0.1) is 0 Å². The van der Waals surface area contributed by atoms with Crippen LogP contribution in [0.15, 0.2) is 42.5 Å². The first kappa shape index (κ1) is 16.2. The van der Waals surface area contributed by atoms with Crippen LogP contribution in [0.2, 0.25) is 5.02 Å². The Balaban J connectivity index is 1.96. The van der Waals surface area contributed by atoms with Crippen LogP contribution >= 0.6 is 11.6 Å². The number of hydrogen-bond acceptors (Lipinski definition) is 3. The van der Waals surface area contributed by atoms with Crippen LogP contribution in [0.25, 0.3) is 0 Å². The van der Waals surface area contributed by atoms with E-state index in [4.69, 9.17) is 21.1 Å². The molecule has 114 valence electrons. The monoisotopic (exact) mass is 315 g/mol. The lowest BCUT2D eigenvalue weighted by Crippen LogP contribution is -2.05. The van der Waals surface area contributed by atoms with Crippen molar-refractivity contribution in [2.45, 2.75) is 19.3 Å². The van der Waals surface area contributed by atoms with E-state index in [2.05, 4.69) is 6.07 Å². The second-order valence-corrected chi connectivity index (χ2v) is 5.41. The Morgan fingerprint density at radius 3 is 2.68 bits per heavy atom. The molecule has 0 aliphatic heterocycles. The normalized spacial score (nSPS) is 11.5. The first-order valence-corrected chi connectivity index (χ1v) is 7.44. The van der Waals surface area contributed by atoms with Gasteiger partial charge in [0.1, 0.15) is 11.5 Å². The molecule has 0 spiro atoms. The molecule has 0 aliphatic rings. The third-order valence-electron chi connectivity index (χ3n) is 3.46. The third kappa shape index (κ3) is 4.16. The molecule has 0 saturated heterocycles. The Morgan fingerprint density at radius 2 is 2.00 bits per heavy atom. The minimum Gasteiger partial charge on any atom is -0.497 e. The van der Waals surface area contributed by atoms with E-state index in [9.17, 15) is 5.26 Å². The Hall–Kier alpha value is -2.18. The zero-order valence-electron chi connectivity index (χ0n) is 12.7. The topological polar surface area (TPSA) is 42.2 Å². The number of ether oxygens (including phenoxy) is 2. The maximum Gasteiger partial charge on any atom is 0.119 e. The molecular formula is C18H18ClNO2. The molecule has 1 atom stereocenters. The van der Waals surface area contributed by atoms with Crippen LogP contribution in [0.5, 0.6) is 11.5 Å². The molecule has 0 radical (unpaired) electrons. The van der Waals surface area contributed by atoms with Crippen molar-refractivity contribution >= 4 is 11.6 Å². The standard InChI is InChI=1S/C18H18ClNO2/c1-13-10-17(6-7-18(13)19)22-9-8-15(12-20)14-4-3-5-16(11-14)21-2/h3-7,10-11,15H,8-9H2,1-2H3. The summed E-state index contributed by atoms with van der Waals surface area (Å²) < 4.78 is 10.9. The fraction of sp³-hybridized carbons (Fsp3) is 0.278. The van der Waals surface area contributed by atoms with Gasteiger partial charge in [-0.05, 0) is 48.4 Å². The van der Waals surface area contributed by atoms with Crippen molar-refractivity contribution in [3.8, 4) is 17.6 Å². The molecule has 0 saturated carbocycles. The number of benzene rings is 2. The average Bonchev–Trinajstić information content (AvgIpc) is 2.55. The molecule has 0 heterocycles. The lowest BCUT2D eigenvalue weighted by molar-refractivity contribution is 0.305. The summed E-state index contributed by atoms with van der Waals surface area (Å²) in [5.41, 5.74) is 1.92. The molecule has 0 aromatic heterocycles. The average molecular weight is 316 g/mol. The van der Waals surface area contributed by atoms with Crippen LogP contribution in [0, 0.1) is 18.3 Å². The molecule has 2 rings (SSSR count). The summed E-state index contributed by atoms with van der Waals surface area (Å²) in [7, 11) is 1.62. The van der Waals surface area contributed by atoms with E-state index in [1.54, 1.807) is 7.11 Å². The summed E-state index contributed by atoms with van der Waals surface area (Å²) in [6.07, 6.45) is 0.616. The highest BCUT2D eigenvalue weighted by Gasteiger charge is 2.12. The van der Waals surface area contributed by atoms with Crippen molar-refractivity contribution in [2.75, 3.05) is 13.7 Å². The van der Waals surface area contributed by atoms with E-state index in [1.807, 2.05) is 49.4 Å². The molecule has 22 heavy (non-hydrogen) atoms. The second-order valence-electron chi connectivity index (χ2n) is 5.01. The molecule has 2 aromatic rings. The molecule has 0 aliphatic carbocycles. The number of aryl methyl sites for hydroxylation is 1. The van der Waals surface area contributed by atoms with Gasteiger partial charge >= 0.3 is 0 Å². The predicted molar refractivity (Wildman–Crippen MR) is 87.6 cm³/mol. The number of nitriles is 1. The molecule has 0 amide bonds. The highest BCUT2D eigenvalue weighted by atomic mass is 35.5. The highest BCUT2D eigenvalue weighted by Crippen LogP contribution is 2.25. The van der Waals surface area contributed by atoms with Gasteiger partial charge in [0.2, 0.25) is 0 Å². The fourth-order valence-corrected chi connectivity index (χ4v) is 2.28. The van der Waals surface area contributed by atoms with Gasteiger partial charge in [0.15, 0.2) is 0 Å². The van der Waals surface area contributed by atoms with E-state index >= 15 is 0 Å². The summed E-state index contributed by atoms with van der Waals surface area (Å²) in [5, 5.41) is 10.1. The summed E-state index contributed by atoms with van der Waals surface area (Å²) in [5.74, 6) is 1.31. The van der Waals surface area contributed by atoms with Crippen LogP contribution in [0.4, 0.5) is 0 Å².